The maximum atomic E-state index is 6.13. The standard InChI is InChI=1S/C15H18BrClN2/c1-11-15(16)14(19(2)18-11)9-13(10-17)8-12-6-4-3-5-7-12/h3-7,13H,8-10H2,1-2H3. The third-order valence-electron chi connectivity index (χ3n) is 3.33. The first kappa shape index (κ1) is 14.6. The Morgan fingerprint density at radius 3 is 2.47 bits per heavy atom. The first-order valence-electron chi connectivity index (χ1n) is 6.39. The molecule has 0 amide bonds. The lowest BCUT2D eigenvalue weighted by Crippen LogP contribution is -2.13. The molecule has 0 radical (unpaired) electrons. The molecule has 102 valence electrons. The minimum atomic E-state index is 0.426. The van der Waals surface area contributed by atoms with E-state index in [1.165, 1.54) is 11.3 Å². The van der Waals surface area contributed by atoms with Gasteiger partial charge in [0.05, 0.1) is 15.9 Å². The van der Waals surface area contributed by atoms with Crippen LogP contribution in [0.4, 0.5) is 0 Å². The molecule has 0 aliphatic heterocycles. The Balaban J connectivity index is 2.11. The molecule has 1 aromatic carbocycles. The Kier molecular flexibility index (Phi) is 5.06. The number of hydrogen-bond donors (Lipinski definition) is 0. The van der Waals surface area contributed by atoms with Gasteiger partial charge in [0.15, 0.2) is 0 Å². The fourth-order valence-corrected chi connectivity index (χ4v) is 3.02. The lowest BCUT2D eigenvalue weighted by atomic mass is 9.96. The highest BCUT2D eigenvalue weighted by atomic mass is 79.9. The summed E-state index contributed by atoms with van der Waals surface area (Å²) in [4.78, 5) is 0. The van der Waals surface area contributed by atoms with Crippen LogP contribution in [0.2, 0.25) is 0 Å². The number of aryl methyl sites for hydroxylation is 2. The zero-order valence-electron chi connectivity index (χ0n) is 11.2. The van der Waals surface area contributed by atoms with E-state index < -0.39 is 0 Å². The smallest absolute Gasteiger partial charge is 0.0738 e. The van der Waals surface area contributed by atoms with Gasteiger partial charge in [0, 0.05) is 12.9 Å². The maximum Gasteiger partial charge on any atom is 0.0738 e. The van der Waals surface area contributed by atoms with E-state index in [0.29, 0.717) is 11.8 Å². The van der Waals surface area contributed by atoms with Crippen LogP contribution in [0.25, 0.3) is 0 Å². The van der Waals surface area contributed by atoms with E-state index in [-0.39, 0.29) is 0 Å². The van der Waals surface area contributed by atoms with Crippen molar-refractivity contribution in [1.29, 1.82) is 0 Å². The number of hydrogen-bond acceptors (Lipinski definition) is 1. The summed E-state index contributed by atoms with van der Waals surface area (Å²) in [5.41, 5.74) is 3.59. The molecule has 0 aliphatic rings. The van der Waals surface area contributed by atoms with Gasteiger partial charge in [0.1, 0.15) is 0 Å². The van der Waals surface area contributed by atoms with Gasteiger partial charge < -0.3 is 0 Å². The molecule has 0 saturated heterocycles. The number of alkyl halides is 1. The summed E-state index contributed by atoms with van der Waals surface area (Å²) in [6.45, 7) is 2.01. The highest BCUT2D eigenvalue weighted by molar-refractivity contribution is 9.10. The molecule has 1 atom stereocenters. The Hall–Kier alpha value is -0.800. The van der Waals surface area contributed by atoms with Gasteiger partial charge in [-0.15, -0.1) is 11.6 Å². The molecule has 2 aromatic rings. The fraction of sp³-hybridized carbons (Fsp3) is 0.400. The van der Waals surface area contributed by atoms with Gasteiger partial charge in [-0.3, -0.25) is 4.68 Å². The minimum Gasteiger partial charge on any atom is -0.271 e. The topological polar surface area (TPSA) is 17.8 Å². The normalized spacial score (nSPS) is 12.6. The summed E-state index contributed by atoms with van der Waals surface area (Å²) < 4.78 is 3.06. The molecule has 0 fully saturated rings. The van der Waals surface area contributed by atoms with Crippen molar-refractivity contribution in [3.05, 3.63) is 51.8 Å². The number of nitrogens with zero attached hydrogens (tertiary/aromatic N) is 2. The molecule has 2 nitrogen and oxygen atoms in total. The average Bonchev–Trinajstić information content (AvgIpc) is 2.65. The number of halogens is 2. The molecule has 4 heteroatoms. The third-order valence-corrected chi connectivity index (χ3v) is 4.80. The number of rotatable bonds is 5. The second kappa shape index (κ2) is 6.58. The molecule has 0 N–H and O–H groups in total. The van der Waals surface area contributed by atoms with E-state index in [0.717, 1.165) is 23.0 Å². The zero-order valence-corrected chi connectivity index (χ0v) is 13.6. The van der Waals surface area contributed by atoms with E-state index in [9.17, 15) is 0 Å². The van der Waals surface area contributed by atoms with Crippen molar-refractivity contribution in [3.8, 4) is 0 Å². The Labute approximate surface area is 127 Å². The van der Waals surface area contributed by atoms with Gasteiger partial charge >= 0.3 is 0 Å². The quantitative estimate of drug-likeness (QED) is 0.748. The zero-order chi connectivity index (χ0) is 13.8. The molecular formula is C15H18BrClN2. The number of benzene rings is 1. The van der Waals surface area contributed by atoms with Gasteiger partial charge in [0.25, 0.3) is 0 Å². The van der Waals surface area contributed by atoms with Crippen LogP contribution in [-0.2, 0) is 19.9 Å². The summed E-state index contributed by atoms with van der Waals surface area (Å²) in [5.74, 6) is 1.08. The Bertz CT molecular complexity index is 537. The van der Waals surface area contributed by atoms with Crippen molar-refractivity contribution in [2.75, 3.05) is 5.88 Å². The second-order valence-corrected chi connectivity index (χ2v) is 5.99. The van der Waals surface area contributed by atoms with Crippen molar-refractivity contribution < 1.29 is 0 Å². The highest BCUT2D eigenvalue weighted by Crippen LogP contribution is 2.24. The largest absolute Gasteiger partial charge is 0.271 e. The van der Waals surface area contributed by atoms with Gasteiger partial charge in [-0.1, -0.05) is 30.3 Å². The average molecular weight is 342 g/mol. The molecular weight excluding hydrogens is 324 g/mol. The Morgan fingerprint density at radius 2 is 1.95 bits per heavy atom. The first-order chi connectivity index (χ1) is 9.11. The molecule has 0 bridgehead atoms. The molecule has 0 spiro atoms. The summed E-state index contributed by atoms with van der Waals surface area (Å²) in [5, 5.41) is 4.43. The van der Waals surface area contributed by atoms with Crippen LogP contribution in [0.5, 0.6) is 0 Å². The predicted molar refractivity (Wildman–Crippen MR) is 83.7 cm³/mol. The van der Waals surface area contributed by atoms with Crippen LogP contribution < -0.4 is 0 Å². The van der Waals surface area contributed by atoms with Crippen molar-refractivity contribution in [1.82, 2.24) is 9.78 Å². The van der Waals surface area contributed by atoms with Crippen LogP contribution in [0.1, 0.15) is 17.0 Å². The van der Waals surface area contributed by atoms with Crippen LogP contribution in [0, 0.1) is 12.8 Å². The Morgan fingerprint density at radius 1 is 1.26 bits per heavy atom. The summed E-state index contributed by atoms with van der Waals surface area (Å²) in [7, 11) is 1.99. The van der Waals surface area contributed by atoms with Crippen molar-refractivity contribution >= 4 is 27.5 Å². The van der Waals surface area contributed by atoms with Gasteiger partial charge in [-0.05, 0) is 47.2 Å². The van der Waals surface area contributed by atoms with E-state index in [2.05, 4.69) is 45.3 Å². The van der Waals surface area contributed by atoms with Crippen LogP contribution >= 0.6 is 27.5 Å². The first-order valence-corrected chi connectivity index (χ1v) is 7.72. The molecule has 1 unspecified atom stereocenters. The maximum absolute atomic E-state index is 6.13. The molecule has 2 rings (SSSR count). The summed E-state index contributed by atoms with van der Waals surface area (Å²) in [6.07, 6.45) is 1.94. The van der Waals surface area contributed by atoms with Crippen molar-refractivity contribution in [2.45, 2.75) is 19.8 Å². The van der Waals surface area contributed by atoms with Crippen LogP contribution in [-0.4, -0.2) is 15.7 Å². The fourth-order valence-electron chi connectivity index (χ4n) is 2.30. The van der Waals surface area contributed by atoms with Gasteiger partial charge in [-0.25, -0.2) is 0 Å². The van der Waals surface area contributed by atoms with Crippen molar-refractivity contribution in [2.24, 2.45) is 13.0 Å². The third kappa shape index (κ3) is 3.61. The molecule has 1 heterocycles. The highest BCUT2D eigenvalue weighted by Gasteiger charge is 2.16. The lowest BCUT2D eigenvalue weighted by molar-refractivity contribution is 0.550. The minimum absolute atomic E-state index is 0.426. The molecule has 0 saturated carbocycles. The monoisotopic (exact) mass is 340 g/mol. The lowest BCUT2D eigenvalue weighted by Gasteiger charge is -2.14. The van der Waals surface area contributed by atoms with E-state index in [1.54, 1.807) is 0 Å². The molecule has 19 heavy (non-hydrogen) atoms. The van der Waals surface area contributed by atoms with Gasteiger partial charge in [0.2, 0.25) is 0 Å². The summed E-state index contributed by atoms with van der Waals surface area (Å²) >= 11 is 9.75. The van der Waals surface area contributed by atoms with Crippen molar-refractivity contribution in [3.63, 3.8) is 0 Å². The van der Waals surface area contributed by atoms with E-state index in [4.69, 9.17) is 11.6 Å². The predicted octanol–water partition coefficient (Wildman–Crippen LogP) is 4.13. The number of aromatic nitrogens is 2. The SMILES string of the molecule is Cc1nn(C)c(CC(CCl)Cc2ccccc2)c1Br. The molecule has 0 aliphatic carbocycles. The van der Waals surface area contributed by atoms with Crippen LogP contribution in [0.3, 0.4) is 0 Å². The van der Waals surface area contributed by atoms with E-state index >= 15 is 0 Å². The summed E-state index contributed by atoms with van der Waals surface area (Å²) in [6, 6.07) is 10.5. The molecule has 1 aromatic heterocycles. The second-order valence-electron chi connectivity index (χ2n) is 4.88. The van der Waals surface area contributed by atoms with Crippen LogP contribution in [0.15, 0.2) is 34.8 Å². The van der Waals surface area contributed by atoms with Gasteiger partial charge in [-0.2, -0.15) is 5.10 Å². The van der Waals surface area contributed by atoms with E-state index in [1.807, 2.05) is 24.7 Å².